The maximum absolute atomic E-state index is 8.49. The summed E-state index contributed by atoms with van der Waals surface area (Å²) in [6.07, 6.45) is 31.8. The summed E-state index contributed by atoms with van der Waals surface area (Å²) >= 11 is 0. The first kappa shape index (κ1) is 39.2. The van der Waals surface area contributed by atoms with Gasteiger partial charge in [-0.3, -0.25) is 0 Å². The highest BCUT2D eigenvalue weighted by Gasteiger charge is 2.31. The van der Waals surface area contributed by atoms with Crippen molar-refractivity contribution in [3.63, 3.8) is 0 Å². The summed E-state index contributed by atoms with van der Waals surface area (Å²) in [6.45, 7) is 2.30. The highest BCUT2D eigenvalue weighted by atomic mass is 35.7. The molecule has 1 aliphatic carbocycles. The monoisotopic (exact) mass is 670 g/mol. The van der Waals surface area contributed by atoms with Crippen LogP contribution in [0.3, 0.4) is 0 Å². The summed E-state index contributed by atoms with van der Waals surface area (Å²) < 4.78 is 46.0. The van der Waals surface area contributed by atoms with E-state index in [0.29, 0.717) is 0 Å². The summed E-state index contributed by atoms with van der Waals surface area (Å²) in [5.41, 5.74) is 6.56. The van der Waals surface area contributed by atoms with Crippen LogP contribution < -0.4 is 23.4 Å². The Balaban J connectivity index is 0.00000111. The van der Waals surface area contributed by atoms with Crippen LogP contribution in [0.1, 0.15) is 152 Å². The molecule has 1 heterocycles. The molecule has 0 N–H and O–H groups in total. The predicted molar refractivity (Wildman–Crippen MR) is 182 cm³/mol. The number of fused-ring (bicyclic) bond motifs is 4. The van der Waals surface area contributed by atoms with Crippen molar-refractivity contribution in [2.45, 2.75) is 155 Å². The summed E-state index contributed by atoms with van der Waals surface area (Å²) in [6, 6.07) is 15.1. The fourth-order valence-electron chi connectivity index (χ4n) is 6.99. The zero-order chi connectivity index (χ0) is 33.7. The zero-order valence-corrected chi connectivity index (χ0v) is 29.9. The molecule has 0 saturated carbocycles. The van der Waals surface area contributed by atoms with Gasteiger partial charge >= 0.3 is 11.3 Å². The van der Waals surface area contributed by atoms with Crippen LogP contribution in [0, 0.1) is 10.2 Å². The predicted octanol–water partition coefficient (Wildman–Crippen LogP) is 8.10. The molecule has 262 valence electrons. The van der Waals surface area contributed by atoms with Crippen LogP contribution >= 0.6 is 0 Å². The van der Waals surface area contributed by atoms with Gasteiger partial charge in [-0.2, -0.15) is 0 Å². The molecule has 0 bridgehead atoms. The first-order valence-electron chi connectivity index (χ1n) is 18.5. The molecular formula is C40H59ClO6. The van der Waals surface area contributed by atoms with E-state index in [1.54, 1.807) is 7.11 Å². The molecule has 0 atom stereocenters. The number of para-hydroxylation sites is 1. The Hall–Kier alpha value is -2.22. The van der Waals surface area contributed by atoms with Gasteiger partial charge in [0.2, 0.25) is 0 Å². The fraction of sp³-hybridized carbons (Fsp3) is 0.625. The normalized spacial score (nSPS) is 12.4. The third-order valence-corrected chi connectivity index (χ3v) is 9.54. The molecule has 0 radical (unpaired) electrons. The highest BCUT2D eigenvalue weighted by molar-refractivity contribution is 5.86. The van der Waals surface area contributed by atoms with Crippen molar-refractivity contribution in [1.29, 1.82) is 0 Å². The van der Waals surface area contributed by atoms with E-state index < -0.39 is 10.2 Å². The molecule has 0 spiro atoms. The Morgan fingerprint density at radius 3 is 1.64 bits per heavy atom. The lowest BCUT2D eigenvalue weighted by Crippen LogP contribution is -2.68. The number of unbranched alkanes of at least 4 members (excludes halogenated alkanes) is 19. The molecule has 3 aromatic rings. The van der Waals surface area contributed by atoms with Crippen LogP contribution in [0.5, 0.6) is 5.75 Å². The van der Waals surface area contributed by atoms with Gasteiger partial charge in [0.1, 0.15) is 5.75 Å². The van der Waals surface area contributed by atoms with Gasteiger partial charge in [0.25, 0.3) is 0 Å². The molecule has 47 heavy (non-hydrogen) atoms. The van der Waals surface area contributed by atoms with Gasteiger partial charge in [-0.25, -0.2) is 23.1 Å². The molecule has 0 aliphatic heterocycles. The van der Waals surface area contributed by atoms with Crippen molar-refractivity contribution in [1.82, 2.24) is 0 Å². The van der Waals surface area contributed by atoms with E-state index in [-0.39, 0.29) is 0 Å². The standard InChI is InChI=1S/C40H59O2.ClHO4/c1-3-4-5-6-7-8-9-10-11-12-13-14-15-16-17-18-19-20-21-22-25-36-37-26-23-24-27-39(37)42-40-35-31-29-34(41-2)32-33(35)28-30-38(36)40;2-1(3,4)5/h23-24,26-27,29,31-32H,3-22,25,28,30H2,1-2H3;(H,2,3,4,5)/q+1;/p-1. The maximum atomic E-state index is 8.49. The molecule has 0 fully saturated rings. The van der Waals surface area contributed by atoms with Gasteiger partial charge < -0.3 is 4.74 Å². The minimum absolute atomic E-state index is 0.933. The molecule has 0 amide bonds. The van der Waals surface area contributed by atoms with Crippen molar-refractivity contribution in [2.24, 2.45) is 0 Å². The van der Waals surface area contributed by atoms with E-state index >= 15 is 0 Å². The highest BCUT2D eigenvalue weighted by Crippen LogP contribution is 2.40. The van der Waals surface area contributed by atoms with Crippen LogP contribution in [0.15, 0.2) is 46.9 Å². The molecule has 0 unspecified atom stereocenters. The number of halogens is 1. The number of aryl methyl sites for hydroxylation is 2. The molecule has 2 aromatic carbocycles. The lowest BCUT2D eigenvalue weighted by molar-refractivity contribution is -2.00. The van der Waals surface area contributed by atoms with Crippen LogP contribution in [0.2, 0.25) is 0 Å². The minimum atomic E-state index is -4.94. The summed E-state index contributed by atoms with van der Waals surface area (Å²) in [7, 11) is -3.20. The number of hydrogen-bond donors (Lipinski definition) is 0. The number of benzene rings is 2. The Bertz CT molecular complexity index is 1280. The molecule has 6 nitrogen and oxygen atoms in total. The van der Waals surface area contributed by atoms with Gasteiger partial charge in [-0.15, -0.1) is 10.2 Å². The van der Waals surface area contributed by atoms with E-state index in [4.69, 9.17) is 27.8 Å². The van der Waals surface area contributed by atoms with Gasteiger partial charge in [-0.1, -0.05) is 141 Å². The second kappa shape index (κ2) is 22.4. The van der Waals surface area contributed by atoms with Gasteiger partial charge in [0, 0.05) is 6.07 Å². The van der Waals surface area contributed by atoms with Crippen LogP contribution in [0.4, 0.5) is 0 Å². The van der Waals surface area contributed by atoms with Crippen molar-refractivity contribution in [2.75, 3.05) is 7.11 Å². The first-order chi connectivity index (χ1) is 22.8. The maximum Gasteiger partial charge on any atom is 0.364 e. The smallest absolute Gasteiger partial charge is 0.364 e. The molecule has 1 aliphatic rings. The second-order valence-electron chi connectivity index (χ2n) is 13.3. The molecular weight excluding hydrogens is 612 g/mol. The Kier molecular flexibility index (Phi) is 18.7. The SMILES string of the molecule is CCCCCCCCCCCCCCCCCCCCCCc1c2c([o+]c3ccccc13)-c1ccc(OC)cc1CC2.[O-][Cl+3]([O-])([O-])[O-]. The topological polar surface area (TPSA) is 113 Å². The van der Waals surface area contributed by atoms with Crippen LogP contribution in [-0.4, -0.2) is 7.11 Å². The third kappa shape index (κ3) is 15.3. The second-order valence-corrected chi connectivity index (χ2v) is 14.0. The van der Waals surface area contributed by atoms with E-state index in [2.05, 4.69) is 49.4 Å². The van der Waals surface area contributed by atoms with Crippen LogP contribution in [-0.2, 0) is 19.3 Å². The average molecular weight is 671 g/mol. The fourth-order valence-corrected chi connectivity index (χ4v) is 6.99. The quantitative estimate of drug-likeness (QED) is 0.0789. The zero-order valence-electron chi connectivity index (χ0n) is 29.1. The number of hydrogen-bond acceptors (Lipinski definition) is 5. The van der Waals surface area contributed by atoms with E-state index in [9.17, 15) is 0 Å². The minimum Gasteiger partial charge on any atom is -0.497 e. The van der Waals surface area contributed by atoms with E-state index in [1.165, 1.54) is 156 Å². The first-order valence-corrected chi connectivity index (χ1v) is 19.7. The Labute approximate surface area is 286 Å². The number of ether oxygens (including phenoxy) is 1. The summed E-state index contributed by atoms with van der Waals surface area (Å²) in [5, 5.41) is 1.31. The molecule has 0 saturated heterocycles. The van der Waals surface area contributed by atoms with Crippen molar-refractivity contribution in [3.8, 4) is 17.1 Å². The Morgan fingerprint density at radius 1 is 0.638 bits per heavy atom. The van der Waals surface area contributed by atoms with E-state index in [1.807, 2.05) is 0 Å². The largest absolute Gasteiger partial charge is 0.497 e. The average Bonchev–Trinajstić information content (AvgIpc) is 3.05. The molecule has 4 rings (SSSR count). The van der Waals surface area contributed by atoms with Crippen molar-refractivity contribution in [3.05, 3.63) is 59.2 Å². The molecule has 1 aromatic heterocycles. The lowest BCUT2D eigenvalue weighted by atomic mass is 9.85. The number of rotatable bonds is 22. The van der Waals surface area contributed by atoms with Crippen LogP contribution in [0.25, 0.3) is 22.3 Å². The van der Waals surface area contributed by atoms with Crippen molar-refractivity contribution < 1.29 is 38.0 Å². The lowest BCUT2D eigenvalue weighted by Gasteiger charge is -2.17. The van der Waals surface area contributed by atoms with Gasteiger partial charge in [0.05, 0.1) is 23.6 Å². The van der Waals surface area contributed by atoms with E-state index in [0.717, 1.165) is 36.4 Å². The van der Waals surface area contributed by atoms with Crippen molar-refractivity contribution >= 4 is 11.0 Å². The number of methoxy groups -OCH3 is 1. The summed E-state index contributed by atoms with van der Waals surface area (Å²) in [4.78, 5) is 0. The van der Waals surface area contributed by atoms with Gasteiger partial charge in [0.15, 0.2) is 0 Å². The van der Waals surface area contributed by atoms with Gasteiger partial charge in [-0.05, 0) is 61.1 Å². The third-order valence-electron chi connectivity index (χ3n) is 9.54. The molecule has 7 heteroatoms. The summed E-state index contributed by atoms with van der Waals surface area (Å²) in [5.74, 6) is 2.02. The Morgan fingerprint density at radius 2 is 1.13 bits per heavy atom.